The van der Waals surface area contributed by atoms with Crippen LogP contribution in [-0.2, 0) is 0 Å². The number of hydrogen-bond acceptors (Lipinski definition) is 3. The van der Waals surface area contributed by atoms with Crippen molar-refractivity contribution in [1.82, 2.24) is 10.3 Å². The molecule has 0 aliphatic heterocycles. The second-order valence-corrected chi connectivity index (χ2v) is 7.81. The van der Waals surface area contributed by atoms with Crippen molar-refractivity contribution in [3.05, 3.63) is 26.2 Å². The molecule has 5 rings (SSSR count). The number of halogens is 2. The lowest BCUT2D eigenvalue weighted by molar-refractivity contribution is -0.0366. The molecular formula is C15H14Cl2N2OS. The molecule has 3 aliphatic rings. The Balaban J connectivity index is 1.73. The van der Waals surface area contributed by atoms with Crippen molar-refractivity contribution in [2.45, 2.75) is 32.7 Å². The molecule has 0 atom stereocenters. The minimum absolute atomic E-state index is 0.0735. The molecule has 2 heterocycles. The van der Waals surface area contributed by atoms with E-state index in [4.69, 9.17) is 23.2 Å². The number of rotatable bonds is 2. The van der Waals surface area contributed by atoms with Crippen LogP contribution in [0.5, 0.6) is 0 Å². The van der Waals surface area contributed by atoms with Gasteiger partial charge in [-0.15, -0.1) is 11.3 Å². The number of aryl methyl sites for hydroxylation is 2. The number of nitrogens with one attached hydrogen (secondary N) is 1. The molecule has 3 aliphatic carbocycles. The predicted molar refractivity (Wildman–Crippen MR) is 86.6 cm³/mol. The average molecular weight is 341 g/mol. The van der Waals surface area contributed by atoms with Crippen LogP contribution < -0.4 is 5.32 Å². The van der Waals surface area contributed by atoms with Crippen LogP contribution in [0.4, 0.5) is 0 Å². The van der Waals surface area contributed by atoms with Crippen LogP contribution in [0.15, 0.2) is 0 Å². The van der Waals surface area contributed by atoms with Crippen LogP contribution in [0.1, 0.15) is 33.8 Å². The highest BCUT2D eigenvalue weighted by Gasteiger charge is 2.53. The fourth-order valence-electron chi connectivity index (χ4n) is 3.27. The lowest BCUT2D eigenvalue weighted by Gasteiger charge is -2.58. The summed E-state index contributed by atoms with van der Waals surface area (Å²) in [6.45, 7) is 3.78. The largest absolute Gasteiger partial charge is 0.348 e. The molecule has 110 valence electrons. The van der Waals surface area contributed by atoms with E-state index in [1.54, 1.807) is 0 Å². The van der Waals surface area contributed by atoms with Gasteiger partial charge in [0, 0.05) is 11.4 Å². The van der Waals surface area contributed by atoms with Gasteiger partial charge in [0.05, 0.1) is 15.7 Å². The molecule has 1 N–H and O–H groups in total. The van der Waals surface area contributed by atoms with E-state index < -0.39 is 0 Å². The Bertz CT molecular complexity index is 772. The standard InChI is InChI=1S/C15H14Cl2N2OS/c1-5-9-11(17)13(21-15(9)18-6(2)10(5)16)14(20)19-12-7-3-8(12)4-7/h7-8,12H,3-4H2,1-2H3,(H,19,20). The van der Waals surface area contributed by atoms with Crippen LogP contribution in [0.25, 0.3) is 10.2 Å². The number of thiophene rings is 1. The van der Waals surface area contributed by atoms with E-state index in [0.29, 0.717) is 32.8 Å². The third kappa shape index (κ3) is 1.85. The number of pyridine rings is 1. The first-order chi connectivity index (χ1) is 9.97. The molecule has 0 spiro atoms. The third-order valence-electron chi connectivity index (χ3n) is 4.85. The first-order valence-corrected chi connectivity index (χ1v) is 8.60. The zero-order chi connectivity index (χ0) is 14.9. The van der Waals surface area contributed by atoms with E-state index >= 15 is 0 Å². The smallest absolute Gasteiger partial charge is 0.263 e. The van der Waals surface area contributed by atoms with Crippen molar-refractivity contribution in [2.75, 3.05) is 0 Å². The fourth-order valence-corrected chi connectivity index (χ4v) is 4.98. The first-order valence-electron chi connectivity index (χ1n) is 7.03. The Morgan fingerprint density at radius 1 is 1.24 bits per heavy atom. The second-order valence-electron chi connectivity index (χ2n) is 6.05. The molecule has 3 fully saturated rings. The van der Waals surface area contributed by atoms with E-state index in [1.807, 2.05) is 13.8 Å². The van der Waals surface area contributed by atoms with Gasteiger partial charge in [-0.1, -0.05) is 23.2 Å². The van der Waals surface area contributed by atoms with Crippen molar-refractivity contribution in [2.24, 2.45) is 11.8 Å². The Morgan fingerprint density at radius 2 is 1.90 bits per heavy atom. The maximum absolute atomic E-state index is 12.4. The van der Waals surface area contributed by atoms with Gasteiger partial charge >= 0.3 is 0 Å². The van der Waals surface area contributed by atoms with E-state index in [-0.39, 0.29) is 5.91 Å². The van der Waals surface area contributed by atoms with Gasteiger partial charge in [-0.2, -0.15) is 0 Å². The lowest BCUT2D eigenvalue weighted by Crippen LogP contribution is -2.63. The fraction of sp³-hybridized carbons (Fsp3) is 0.467. The second kappa shape index (κ2) is 4.58. The summed E-state index contributed by atoms with van der Waals surface area (Å²) >= 11 is 14.0. The normalized spacial score (nSPS) is 26.4. The van der Waals surface area contributed by atoms with Crippen molar-refractivity contribution in [1.29, 1.82) is 0 Å². The number of fused-ring (bicyclic) bond motifs is 1. The van der Waals surface area contributed by atoms with Crippen molar-refractivity contribution < 1.29 is 4.79 Å². The van der Waals surface area contributed by atoms with Gasteiger partial charge in [-0.05, 0) is 44.1 Å². The van der Waals surface area contributed by atoms with Gasteiger partial charge in [0.2, 0.25) is 0 Å². The summed E-state index contributed by atoms with van der Waals surface area (Å²) in [5.41, 5.74) is 1.66. The number of aromatic nitrogens is 1. The van der Waals surface area contributed by atoms with Gasteiger partial charge in [-0.25, -0.2) is 4.98 Å². The van der Waals surface area contributed by atoms with Crippen LogP contribution in [-0.4, -0.2) is 16.9 Å². The van der Waals surface area contributed by atoms with Crippen molar-refractivity contribution in [3.63, 3.8) is 0 Å². The molecule has 3 nitrogen and oxygen atoms in total. The molecule has 0 radical (unpaired) electrons. The maximum Gasteiger partial charge on any atom is 0.263 e. The van der Waals surface area contributed by atoms with Crippen LogP contribution in [0.2, 0.25) is 10.0 Å². The highest BCUT2D eigenvalue weighted by atomic mass is 35.5. The summed E-state index contributed by atoms with van der Waals surface area (Å²) in [6, 6.07) is 0.359. The topological polar surface area (TPSA) is 42.0 Å². The number of hydrogen-bond donors (Lipinski definition) is 1. The van der Waals surface area contributed by atoms with E-state index in [1.165, 1.54) is 24.2 Å². The maximum atomic E-state index is 12.4. The summed E-state index contributed by atoms with van der Waals surface area (Å²) in [6.07, 6.45) is 2.53. The molecule has 21 heavy (non-hydrogen) atoms. The Kier molecular flexibility index (Phi) is 3.01. The summed E-state index contributed by atoms with van der Waals surface area (Å²) in [5.74, 6) is 1.29. The number of amides is 1. The summed E-state index contributed by atoms with van der Waals surface area (Å²) in [4.78, 5) is 18.2. The summed E-state index contributed by atoms with van der Waals surface area (Å²) < 4.78 is 0. The van der Waals surface area contributed by atoms with Gasteiger partial charge in [0.25, 0.3) is 5.91 Å². The molecular weight excluding hydrogens is 327 g/mol. The Morgan fingerprint density at radius 3 is 2.48 bits per heavy atom. The molecule has 0 saturated heterocycles. The van der Waals surface area contributed by atoms with Crippen molar-refractivity contribution in [3.8, 4) is 0 Å². The predicted octanol–water partition coefficient (Wildman–Crippen LogP) is 4.36. The molecule has 2 aromatic heterocycles. The van der Waals surface area contributed by atoms with Crippen LogP contribution in [0.3, 0.4) is 0 Å². The number of nitrogens with zero attached hydrogens (tertiary/aromatic N) is 1. The van der Waals surface area contributed by atoms with Gasteiger partial charge in [0.1, 0.15) is 9.71 Å². The molecule has 0 aromatic carbocycles. The Labute approximate surface area is 136 Å². The molecule has 1 amide bonds. The molecule has 6 heteroatoms. The molecule has 0 unspecified atom stereocenters. The van der Waals surface area contributed by atoms with E-state index in [0.717, 1.165) is 21.5 Å². The summed E-state index contributed by atoms with van der Waals surface area (Å²) in [5, 5.41) is 5.01. The minimum atomic E-state index is -0.0735. The average Bonchev–Trinajstić information content (AvgIpc) is 2.67. The van der Waals surface area contributed by atoms with Crippen molar-refractivity contribution >= 4 is 50.7 Å². The third-order valence-corrected chi connectivity index (χ3v) is 6.98. The SMILES string of the molecule is Cc1nc2sc(C(=O)NC3C4CC3C4)c(Cl)c2c(C)c1Cl. The zero-order valence-corrected chi connectivity index (χ0v) is 14.0. The monoisotopic (exact) mass is 340 g/mol. The summed E-state index contributed by atoms with van der Waals surface area (Å²) in [7, 11) is 0. The number of carbonyl (C=O) groups is 1. The minimum Gasteiger partial charge on any atom is -0.348 e. The number of carbonyl (C=O) groups excluding carboxylic acids is 1. The van der Waals surface area contributed by atoms with Gasteiger partial charge < -0.3 is 5.32 Å². The lowest BCUT2D eigenvalue weighted by atomic mass is 9.52. The molecule has 2 aromatic rings. The van der Waals surface area contributed by atoms with E-state index in [2.05, 4.69) is 10.3 Å². The highest BCUT2D eigenvalue weighted by molar-refractivity contribution is 7.21. The highest BCUT2D eigenvalue weighted by Crippen LogP contribution is 2.53. The van der Waals surface area contributed by atoms with Crippen LogP contribution >= 0.6 is 34.5 Å². The van der Waals surface area contributed by atoms with Gasteiger partial charge in [0.15, 0.2) is 0 Å². The quantitative estimate of drug-likeness (QED) is 0.882. The Hall–Kier alpha value is -0.840. The molecule has 2 bridgehead atoms. The van der Waals surface area contributed by atoms with E-state index in [9.17, 15) is 4.79 Å². The van der Waals surface area contributed by atoms with Gasteiger partial charge in [-0.3, -0.25) is 4.79 Å². The van der Waals surface area contributed by atoms with Crippen LogP contribution in [0, 0.1) is 25.7 Å². The molecule has 3 saturated carbocycles. The first kappa shape index (κ1) is 13.8. The zero-order valence-electron chi connectivity index (χ0n) is 11.7.